The molecule has 2 aromatic rings. The first-order valence-electron chi connectivity index (χ1n) is 5.30. The fourth-order valence-electron chi connectivity index (χ4n) is 1.52. The van der Waals surface area contributed by atoms with Crippen molar-refractivity contribution >= 4 is 5.97 Å². The number of rotatable bonds is 3. The molecule has 0 fully saturated rings. The Hall–Kier alpha value is -2.17. The van der Waals surface area contributed by atoms with E-state index in [4.69, 9.17) is 5.11 Å². The molecular weight excluding hydrogens is 218 g/mol. The molecule has 5 heteroatoms. The SMILES string of the molecule is Cc1cc(-c2ccc[nH]2)nc(C(C)C(=O)O)n1. The first-order chi connectivity index (χ1) is 8.08. The second-order valence-corrected chi connectivity index (χ2v) is 3.90. The Balaban J connectivity index is 2.46. The Kier molecular flexibility index (Phi) is 2.91. The van der Waals surface area contributed by atoms with Crippen molar-refractivity contribution in [2.75, 3.05) is 0 Å². The molecule has 0 radical (unpaired) electrons. The molecule has 0 aliphatic rings. The molecule has 88 valence electrons. The van der Waals surface area contributed by atoms with Crippen LogP contribution in [0.3, 0.4) is 0 Å². The van der Waals surface area contributed by atoms with E-state index in [2.05, 4.69) is 15.0 Å². The molecule has 2 heterocycles. The van der Waals surface area contributed by atoms with Crippen molar-refractivity contribution in [1.82, 2.24) is 15.0 Å². The zero-order chi connectivity index (χ0) is 12.4. The number of carboxylic acids is 1. The van der Waals surface area contributed by atoms with E-state index in [0.29, 0.717) is 11.5 Å². The lowest BCUT2D eigenvalue weighted by molar-refractivity contribution is -0.138. The van der Waals surface area contributed by atoms with E-state index in [1.54, 1.807) is 13.1 Å². The predicted molar refractivity (Wildman–Crippen MR) is 62.6 cm³/mol. The van der Waals surface area contributed by atoms with Crippen molar-refractivity contribution in [1.29, 1.82) is 0 Å². The van der Waals surface area contributed by atoms with Gasteiger partial charge in [0.25, 0.3) is 0 Å². The van der Waals surface area contributed by atoms with Gasteiger partial charge in [0, 0.05) is 11.9 Å². The molecule has 2 N–H and O–H groups in total. The van der Waals surface area contributed by atoms with Crippen molar-refractivity contribution < 1.29 is 9.90 Å². The van der Waals surface area contributed by atoms with Gasteiger partial charge in [0.05, 0.1) is 11.4 Å². The summed E-state index contributed by atoms with van der Waals surface area (Å²) in [6.45, 7) is 3.40. The Labute approximate surface area is 98.6 Å². The number of nitrogens with one attached hydrogen (secondary N) is 1. The van der Waals surface area contributed by atoms with E-state index in [0.717, 1.165) is 11.4 Å². The van der Waals surface area contributed by atoms with Crippen LogP contribution >= 0.6 is 0 Å². The van der Waals surface area contributed by atoms with Gasteiger partial charge in [-0.15, -0.1) is 0 Å². The van der Waals surface area contributed by atoms with Crippen molar-refractivity contribution in [2.45, 2.75) is 19.8 Å². The number of hydrogen-bond donors (Lipinski definition) is 2. The summed E-state index contributed by atoms with van der Waals surface area (Å²) in [5, 5.41) is 8.96. The van der Waals surface area contributed by atoms with Crippen LogP contribution in [0.4, 0.5) is 0 Å². The number of aromatic nitrogens is 3. The molecule has 0 saturated carbocycles. The fourth-order valence-corrected chi connectivity index (χ4v) is 1.52. The summed E-state index contributed by atoms with van der Waals surface area (Å²) >= 11 is 0. The maximum Gasteiger partial charge on any atom is 0.313 e. The third-order valence-corrected chi connectivity index (χ3v) is 2.50. The lowest BCUT2D eigenvalue weighted by atomic mass is 10.1. The van der Waals surface area contributed by atoms with Crippen molar-refractivity contribution in [2.24, 2.45) is 0 Å². The topological polar surface area (TPSA) is 78.9 Å². The lowest BCUT2D eigenvalue weighted by Gasteiger charge is -2.07. The van der Waals surface area contributed by atoms with Gasteiger partial charge in [-0.1, -0.05) is 0 Å². The minimum atomic E-state index is -0.923. The standard InChI is InChI=1S/C12H13N3O2/c1-7-6-10(9-4-3-5-13-9)15-11(14-7)8(2)12(16)17/h3-6,8,13H,1-2H3,(H,16,17). The maximum atomic E-state index is 10.9. The van der Waals surface area contributed by atoms with Crippen LogP contribution in [0, 0.1) is 6.92 Å². The third-order valence-electron chi connectivity index (χ3n) is 2.50. The van der Waals surface area contributed by atoms with Gasteiger partial charge in [-0.05, 0) is 32.0 Å². The van der Waals surface area contributed by atoms with Crippen LogP contribution in [0.2, 0.25) is 0 Å². The van der Waals surface area contributed by atoms with Gasteiger partial charge < -0.3 is 10.1 Å². The number of aliphatic carboxylic acids is 1. The minimum absolute atomic E-state index is 0.335. The summed E-state index contributed by atoms with van der Waals surface area (Å²) in [4.78, 5) is 22.4. The molecule has 0 saturated heterocycles. The molecule has 0 bridgehead atoms. The Morgan fingerprint density at radius 2 is 2.24 bits per heavy atom. The molecule has 17 heavy (non-hydrogen) atoms. The average Bonchev–Trinajstić information content (AvgIpc) is 2.80. The van der Waals surface area contributed by atoms with E-state index in [1.165, 1.54) is 0 Å². The molecule has 0 aliphatic heterocycles. The molecule has 0 spiro atoms. The summed E-state index contributed by atoms with van der Waals surface area (Å²) in [7, 11) is 0. The molecule has 0 aliphatic carbocycles. The zero-order valence-electron chi connectivity index (χ0n) is 9.64. The molecule has 0 aromatic carbocycles. The number of nitrogens with zero attached hydrogens (tertiary/aromatic N) is 2. The van der Waals surface area contributed by atoms with Crippen LogP contribution < -0.4 is 0 Å². The second kappa shape index (κ2) is 4.37. The van der Waals surface area contributed by atoms with Crippen molar-refractivity contribution in [3.8, 4) is 11.4 Å². The normalized spacial score (nSPS) is 12.4. The fraction of sp³-hybridized carbons (Fsp3) is 0.250. The Bertz CT molecular complexity index is 535. The summed E-state index contributed by atoms with van der Waals surface area (Å²) in [6, 6.07) is 5.58. The van der Waals surface area contributed by atoms with Crippen LogP contribution in [-0.4, -0.2) is 26.0 Å². The highest BCUT2D eigenvalue weighted by Crippen LogP contribution is 2.18. The number of H-pyrrole nitrogens is 1. The first kappa shape index (κ1) is 11.3. The highest BCUT2D eigenvalue weighted by Gasteiger charge is 2.18. The van der Waals surface area contributed by atoms with E-state index in [1.807, 2.05) is 25.1 Å². The van der Waals surface area contributed by atoms with Gasteiger partial charge >= 0.3 is 5.97 Å². The molecule has 2 rings (SSSR count). The van der Waals surface area contributed by atoms with Gasteiger partial charge in [-0.25, -0.2) is 9.97 Å². The number of carbonyl (C=O) groups is 1. The van der Waals surface area contributed by atoms with Crippen LogP contribution in [-0.2, 0) is 4.79 Å². The number of hydrogen-bond acceptors (Lipinski definition) is 3. The number of aromatic amines is 1. The molecular formula is C12H13N3O2. The summed E-state index contributed by atoms with van der Waals surface area (Å²) in [5.74, 6) is -1.29. The van der Waals surface area contributed by atoms with E-state index >= 15 is 0 Å². The van der Waals surface area contributed by atoms with Crippen LogP contribution in [0.15, 0.2) is 24.4 Å². The Morgan fingerprint density at radius 3 is 2.82 bits per heavy atom. The van der Waals surface area contributed by atoms with E-state index < -0.39 is 11.9 Å². The van der Waals surface area contributed by atoms with Gasteiger partial charge in [0.2, 0.25) is 0 Å². The molecule has 1 atom stereocenters. The number of carboxylic acid groups (broad SMARTS) is 1. The van der Waals surface area contributed by atoms with Gasteiger partial charge in [0.15, 0.2) is 0 Å². The second-order valence-electron chi connectivity index (χ2n) is 3.90. The van der Waals surface area contributed by atoms with E-state index in [9.17, 15) is 4.79 Å². The van der Waals surface area contributed by atoms with Gasteiger partial charge in [0.1, 0.15) is 11.7 Å². The van der Waals surface area contributed by atoms with Crippen LogP contribution in [0.25, 0.3) is 11.4 Å². The summed E-state index contributed by atoms with van der Waals surface area (Å²) < 4.78 is 0. The zero-order valence-corrected chi connectivity index (χ0v) is 9.64. The average molecular weight is 231 g/mol. The largest absolute Gasteiger partial charge is 0.481 e. The van der Waals surface area contributed by atoms with Crippen molar-refractivity contribution in [3.63, 3.8) is 0 Å². The van der Waals surface area contributed by atoms with Crippen LogP contribution in [0.5, 0.6) is 0 Å². The van der Waals surface area contributed by atoms with Gasteiger partial charge in [-0.2, -0.15) is 0 Å². The molecule has 1 unspecified atom stereocenters. The van der Waals surface area contributed by atoms with Gasteiger partial charge in [-0.3, -0.25) is 4.79 Å². The minimum Gasteiger partial charge on any atom is -0.481 e. The smallest absolute Gasteiger partial charge is 0.313 e. The number of aryl methyl sites for hydroxylation is 1. The summed E-state index contributed by atoms with van der Waals surface area (Å²) in [5.41, 5.74) is 2.33. The van der Waals surface area contributed by atoms with Crippen LogP contribution in [0.1, 0.15) is 24.4 Å². The predicted octanol–water partition coefficient (Wildman–Crippen LogP) is 1.97. The van der Waals surface area contributed by atoms with Crippen molar-refractivity contribution in [3.05, 3.63) is 35.9 Å². The lowest BCUT2D eigenvalue weighted by Crippen LogP contribution is -2.12. The highest BCUT2D eigenvalue weighted by atomic mass is 16.4. The first-order valence-corrected chi connectivity index (χ1v) is 5.30. The molecule has 0 amide bonds. The monoisotopic (exact) mass is 231 g/mol. The summed E-state index contributed by atoms with van der Waals surface area (Å²) in [6.07, 6.45) is 1.80. The van der Waals surface area contributed by atoms with E-state index in [-0.39, 0.29) is 0 Å². The third kappa shape index (κ3) is 2.33. The quantitative estimate of drug-likeness (QED) is 0.846. The molecule has 2 aromatic heterocycles. The molecule has 5 nitrogen and oxygen atoms in total. The Morgan fingerprint density at radius 1 is 1.47 bits per heavy atom. The highest BCUT2D eigenvalue weighted by molar-refractivity contribution is 5.74. The maximum absolute atomic E-state index is 10.9.